The van der Waals surface area contributed by atoms with Gasteiger partial charge < -0.3 is 14.8 Å². The molecule has 3 bridgehead atoms. The van der Waals surface area contributed by atoms with E-state index in [1.165, 1.54) is 12.7 Å². The first kappa shape index (κ1) is 14.9. The molecule has 0 spiro atoms. The van der Waals surface area contributed by atoms with Gasteiger partial charge in [0.15, 0.2) is 0 Å². The van der Waals surface area contributed by atoms with Crippen LogP contribution in [0.25, 0.3) is 0 Å². The normalized spacial score (nSPS) is 41.5. The molecule has 4 heteroatoms. The van der Waals surface area contributed by atoms with Crippen LogP contribution in [0.5, 0.6) is 0 Å². The van der Waals surface area contributed by atoms with Crippen LogP contribution < -0.4 is 5.32 Å². The van der Waals surface area contributed by atoms with Gasteiger partial charge in [-0.25, -0.2) is 4.79 Å². The maximum Gasteiger partial charge on any atom is 0.408 e. The lowest BCUT2D eigenvalue weighted by molar-refractivity contribution is -0.118. The summed E-state index contributed by atoms with van der Waals surface area (Å²) < 4.78 is 5.46. The molecule has 0 radical (unpaired) electrons. The molecule has 1 N–H and O–H groups in total. The average molecular weight is 293 g/mol. The topological polar surface area (TPSA) is 55.4 Å². The van der Waals surface area contributed by atoms with E-state index in [2.05, 4.69) is 5.32 Å². The van der Waals surface area contributed by atoms with Gasteiger partial charge in [-0.1, -0.05) is 12.8 Å². The van der Waals surface area contributed by atoms with Gasteiger partial charge in [0.2, 0.25) is 0 Å². The van der Waals surface area contributed by atoms with Gasteiger partial charge in [0, 0.05) is 11.0 Å². The highest BCUT2D eigenvalue weighted by molar-refractivity contribution is 5.70. The van der Waals surface area contributed by atoms with Gasteiger partial charge in [0.05, 0.1) is 0 Å². The first-order valence-corrected chi connectivity index (χ1v) is 8.23. The molecule has 21 heavy (non-hydrogen) atoms. The van der Waals surface area contributed by atoms with E-state index in [1.54, 1.807) is 0 Å². The van der Waals surface area contributed by atoms with E-state index in [-0.39, 0.29) is 17.0 Å². The number of hydrogen-bond acceptors (Lipinski definition) is 3. The SMILES string of the molecule is CC(C)(C)OC(=O)NC12CCCC3CC1CC(C=O)(C3)C2. The van der Waals surface area contributed by atoms with E-state index in [9.17, 15) is 9.59 Å². The van der Waals surface area contributed by atoms with Crippen molar-refractivity contribution in [3.8, 4) is 0 Å². The minimum atomic E-state index is -0.482. The molecule has 0 aromatic heterocycles. The predicted molar refractivity (Wildman–Crippen MR) is 79.9 cm³/mol. The van der Waals surface area contributed by atoms with E-state index >= 15 is 0 Å². The summed E-state index contributed by atoms with van der Waals surface area (Å²) in [6.07, 6.45) is 8.12. The summed E-state index contributed by atoms with van der Waals surface area (Å²) >= 11 is 0. The molecule has 3 rings (SSSR count). The smallest absolute Gasteiger partial charge is 0.408 e. The van der Waals surface area contributed by atoms with Crippen LogP contribution in [0.3, 0.4) is 0 Å². The fraction of sp³-hybridized carbons (Fsp3) is 0.882. The Labute approximate surface area is 127 Å². The molecular weight excluding hydrogens is 266 g/mol. The van der Waals surface area contributed by atoms with Crippen molar-refractivity contribution in [1.82, 2.24) is 5.32 Å². The number of rotatable bonds is 2. The first-order valence-electron chi connectivity index (χ1n) is 8.23. The second-order valence-corrected chi connectivity index (χ2v) is 8.54. The third kappa shape index (κ3) is 2.69. The Morgan fingerprint density at radius 2 is 2.10 bits per heavy atom. The predicted octanol–water partition coefficient (Wildman–Crippen LogP) is 3.44. The van der Waals surface area contributed by atoms with Crippen LogP contribution in [0.15, 0.2) is 0 Å². The highest BCUT2D eigenvalue weighted by atomic mass is 16.6. The van der Waals surface area contributed by atoms with E-state index in [0.29, 0.717) is 11.8 Å². The zero-order valence-electron chi connectivity index (χ0n) is 13.4. The zero-order chi connectivity index (χ0) is 15.3. The molecule has 0 aliphatic heterocycles. The van der Waals surface area contributed by atoms with Crippen LogP contribution in [-0.4, -0.2) is 23.5 Å². The Hall–Kier alpha value is -1.06. The summed E-state index contributed by atoms with van der Waals surface area (Å²) in [5.74, 6) is 1.11. The molecule has 4 nitrogen and oxygen atoms in total. The van der Waals surface area contributed by atoms with Crippen LogP contribution in [0.1, 0.15) is 65.7 Å². The molecule has 3 fully saturated rings. The maximum absolute atomic E-state index is 12.3. The summed E-state index contributed by atoms with van der Waals surface area (Å²) in [7, 11) is 0. The van der Waals surface area contributed by atoms with Crippen molar-refractivity contribution in [2.24, 2.45) is 17.3 Å². The van der Waals surface area contributed by atoms with Gasteiger partial charge in [-0.3, -0.25) is 0 Å². The molecule has 4 atom stereocenters. The Balaban J connectivity index is 1.82. The van der Waals surface area contributed by atoms with Crippen LogP contribution >= 0.6 is 0 Å². The number of alkyl carbamates (subject to hydrolysis) is 1. The maximum atomic E-state index is 12.3. The fourth-order valence-corrected chi connectivity index (χ4v) is 5.13. The molecule has 3 saturated carbocycles. The van der Waals surface area contributed by atoms with Crippen molar-refractivity contribution in [1.29, 1.82) is 0 Å². The minimum absolute atomic E-state index is 0.191. The number of nitrogens with one attached hydrogen (secondary N) is 1. The van der Waals surface area contributed by atoms with Crippen LogP contribution in [0.4, 0.5) is 4.79 Å². The Kier molecular flexibility index (Phi) is 3.34. The molecule has 3 aliphatic carbocycles. The second kappa shape index (κ2) is 4.72. The number of aldehydes is 1. The summed E-state index contributed by atoms with van der Waals surface area (Å²) in [4.78, 5) is 24.0. The summed E-state index contributed by atoms with van der Waals surface area (Å²) in [5.41, 5.74) is -0.887. The zero-order valence-corrected chi connectivity index (χ0v) is 13.4. The minimum Gasteiger partial charge on any atom is -0.444 e. The number of fused-ring (bicyclic) bond motifs is 2. The van der Waals surface area contributed by atoms with Gasteiger partial charge in [0.1, 0.15) is 11.9 Å². The third-order valence-electron chi connectivity index (χ3n) is 5.65. The lowest BCUT2D eigenvalue weighted by Gasteiger charge is -2.36. The van der Waals surface area contributed by atoms with E-state index in [0.717, 1.165) is 38.5 Å². The summed E-state index contributed by atoms with van der Waals surface area (Å²) in [6, 6.07) is 0. The molecule has 3 aliphatic rings. The average Bonchev–Trinajstić information content (AvgIpc) is 2.47. The molecule has 1 amide bonds. The molecule has 4 unspecified atom stereocenters. The van der Waals surface area contributed by atoms with E-state index in [1.807, 2.05) is 20.8 Å². The molecule has 0 saturated heterocycles. The van der Waals surface area contributed by atoms with Crippen molar-refractivity contribution in [2.45, 2.75) is 76.9 Å². The monoisotopic (exact) mass is 293 g/mol. The Bertz CT molecular complexity index is 455. The third-order valence-corrected chi connectivity index (χ3v) is 5.65. The lowest BCUT2D eigenvalue weighted by Crippen LogP contribution is -2.52. The summed E-state index contributed by atoms with van der Waals surface area (Å²) in [6.45, 7) is 5.65. The summed E-state index contributed by atoms with van der Waals surface area (Å²) in [5, 5.41) is 3.19. The van der Waals surface area contributed by atoms with Gasteiger partial charge >= 0.3 is 6.09 Å². The number of amides is 1. The van der Waals surface area contributed by atoms with Gasteiger partial charge in [0.25, 0.3) is 0 Å². The number of carbonyl (C=O) groups excluding carboxylic acids is 2. The van der Waals surface area contributed by atoms with Gasteiger partial charge in [-0.2, -0.15) is 0 Å². The standard InChI is InChI=1S/C17H27NO3/c1-15(2,3)21-14(20)18-17-6-4-5-12-7-13(17)9-16(8-12,10-17)11-19/h11-13H,4-10H2,1-3H3,(H,18,20). The van der Waals surface area contributed by atoms with Crippen molar-refractivity contribution in [2.75, 3.05) is 0 Å². The van der Waals surface area contributed by atoms with Crippen LogP contribution in [-0.2, 0) is 9.53 Å². The van der Waals surface area contributed by atoms with Gasteiger partial charge in [-0.15, -0.1) is 0 Å². The molecule has 0 aromatic rings. The number of carbonyl (C=O) groups is 2. The largest absolute Gasteiger partial charge is 0.444 e. The Morgan fingerprint density at radius 1 is 1.33 bits per heavy atom. The van der Waals surface area contributed by atoms with Crippen molar-refractivity contribution in [3.63, 3.8) is 0 Å². The highest BCUT2D eigenvalue weighted by Crippen LogP contribution is 2.60. The Morgan fingerprint density at radius 3 is 2.76 bits per heavy atom. The molecular formula is C17H27NO3. The van der Waals surface area contributed by atoms with Crippen LogP contribution in [0, 0.1) is 17.3 Å². The van der Waals surface area contributed by atoms with Crippen molar-refractivity contribution in [3.05, 3.63) is 0 Å². The molecule has 0 aromatic carbocycles. The fourth-order valence-electron chi connectivity index (χ4n) is 5.13. The second-order valence-electron chi connectivity index (χ2n) is 8.54. The van der Waals surface area contributed by atoms with Crippen molar-refractivity contribution >= 4 is 12.4 Å². The van der Waals surface area contributed by atoms with Crippen molar-refractivity contribution < 1.29 is 14.3 Å². The molecule has 0 heterocycles. The number of hydrogen-bond donors (Lipinski definition) is 1. The number of ether oxygens (including phenoxy) is 1. The lowest BCUT2D eigenvalue weighted by atomic mass is 9.71. The quantitative estimate of drug-likeness (QED) is 0.793. The van der Waals surface area contributed by atoms with E-state index < -0.39 is 5.60 Å². The van der Waals surface area contributed by atoms with E-state index in [4.69, 9.17) is 4.74 Å². The first-order chi connectivity index (χ1) is 9.76. The highest BCUT2D eigenvalue weighted by Gasteiger charge is 2.60. The van der Waals surface area contributed by atoms with Crippen LogP contribution in [0.2, 0.25) is 0 Å². The molecule has 118 valence electrons. The van der Waals surface area contributed by atoms with Gasteiger partial charge in [-0.05, 0) is 64.7 Å².